The first kappa shape index (κ1) is 19.4. The minimum absolute atomic E-state index is 0.00243. The highest BCUT2D eigenvalue weighted by Crippen LogP contribution is 2.29. The molecule has 0 bridgehead atoms. The number of hydrogen-bond acceptors (Lipinski definition) is 7. The molecule has 1 aromatic carbocycles. The summed E-state index contributed by atoms with van der Waals surface area (Å²) in [5.41, 5.74) is 0.774. The van der Waals surface area contributed by atoms with Gasteiger partial charge in [-0.3, -0.25) is 4.98 Å². The van der Waals surface area contributed by atoms with E-state index in [2.05, 4.69) is 20.4 Å². The molecule has 0 amide bonds. The number of pyridine rings is 1. The largest absolute Gasteiger partial charge is 0.494 e. The van der Waals surface area contributed by atoms with E-state index >= 15 is 0 Å². The lowest BCUT2D eigenvalue weighted by Gasteiger charge is -2.23. The molecule has 3 heterocycles. The van der Waals surface area contributed by atoms with Gasteiger partial charge in [0.05, 0.1) is 18.6 Å². The van der Waals surface area contributed by atoms with Crippen molar-refractivity contribution in [3.8, 4) is 17.1 Å². The molecule has 1 fully saturated rings. The highest BCUT2D eigenvalue weighted by atomic mass is 32.2. The quantitative estimate of drug-likeness (QED) is 0.601. The molecule has 2 aromatic heterocycles. The number of aromatic nitrogens is 5. The molecule has 9 nitrogen and oxygen atoms in total. The maximum absolute atomic E-state index is 14.0. The molecule has 0 saturated carbocycles. The molecule has 0 unspecified atom stereocenters. The van der Waals surface area contributed by atoms with E-state index in [1.54, 1.807) is 24.5 Å². The van der Waals surface area contributed by atoms with Gasteiger partial charge in [-0.1, -0.05) is 0 Å². The summed E-state index contributed by atoms with van der Waals surface area (Å²) in [6.07, 6.45) is 4.63. The Morgan fingerprint density at radius 1 is 1.24 bits per heavy atom. The van der Waals surface area contributed by atoms with Gasteiger partial charge in [0.1, 0.15) is 0 Å². The van der Waals surface area contributed by atoms with Crippen molar-refractivity contribution in [2.24, 2.45) is 0 Å². The van der Waals surface area contributed by atoms with Crippen LogP contribution >= 0.6 is 0 Å². The van der Waals surface area contributed by atoms with Gasteiger partial charge in [-0.2, -0.15) is 9.10 Å². The van der Waals surface area contributed by atoms with Crippen LogP contribution in [0.3, 0.4) is 0 Å². The lowest BCUT2D eigenvalue weighted by atomic mass is 10.2. The van der Waals surface area contributed by atoms with Crippen LogP contribution in [0.5, 0.6) is 5.75 Å². The third-order valence-corrected chi connectivity index (χ3v) is 6.77. The molecule has 3 aromatic rings. The van der Waals surface area contributed by atoms with Gasteiger partial charge in [-0.05, 0) is 48.4 Å². The van der Waals surface area contributed by atoms with Crippen molar-refractivity contribution in [2.45, 2.75) is 30.3 Å². The molecule has 29 heavy (non-hydrogen) atoms. The third kappa shape index (κ3) is 3.83. The second-order valence-electron chi connectivity index (χ2n) is 6.61. The Balaban J connectivity index is 1.55. The molecule has 152 valence electrons. The highest BCUT2D eigenvalue weighted by Gasteiger charge is 2.36. The van der Waals surface area contributed by atoms with E-state index in [9.17, 15) is 12.8 Å². The lowest BCUT2D eigenvalue weighted by Crippen LogP contribution is -2.38. The molecule has 4 rings (SSSR count). The SMILES string of the molecule is COc1ccc(S(=O)(=O)N2CCC[C@H]2Cn2nnc(-c3ccncc3)n2)cc1F. The first-order valence-electron chi connectivity index (χ1n) is 9.02. The average Bonchev–Trinajstić information content (AvgIpc) is 3.39. The Kier molecular flexibility index (Phi) is 5.24. The van der Waals surface area contributed by atoms with Gasteiger partial charge in [0, 0.05) is 30.5 Å². The van der Waals surface area contributed by atoms with Crippen molar-refractivity contribution in [3.05, 3.63) is 48.5 Å². The molecule has 0 radical (unpaired) electrons. The lowest BCUT2D eigenvalue weighted by molar-refractivity contribution is 0.323. The first-order valence-corrected chi connectivity index (χ1v) is 10.5. The second-order valence-corrected chi connectivity index (χ2v) is 8.50. The van der Waals surface area contributed by atoms with E-state index in [1.165, 1.54) is 28.3 Å². The van der Waals surface area contributed by atoms with Crippen LogP contribution in [0.15, 0.2) is 47.6 Å². The molecular formula is C18H19FN6O3S. The van der Waals surface area contributed by atoms with E-state index in [-0.39, 0.29) is 23.2 Å². The summed E-state index contributed by atoms with van der Waals surface area (Å²) in [6, 6.07) is 6.84. The number of hydrogen-bond donors (Lipinski definition) is 0. The molecule has 1 saturated heterocycles. The van der Waals surface area contributed by atoms with Gasteiger partial charge in [0.15, 0.2) is 11.6 Å². The number of methoxy groups -OCH3 is 1. The fraction of sp³-hybridized carbons (Fsp3) is 0.333. The maximum Gasteiger partial charge on any atom is 0.243 e. The Labute approximate surface area is 167 Å². The molecule has 0 spiro atoms. The number of sulfonamides is 1. The van der Waals surface area contributed by atoms with Gasteiger partial charge < -0.3 is 4.74 Å². The number of tetrazole rings is 1. The van der Waals surface area contributed by atoms with Crippen molar-refractivity contribution < 1.29 is 17.5 Å². The summed E-state index contributed by atoms with van der Waals surface area (Å²) in [5, 5.41) is 12.4. The predicted molar refractivity (Wildman–Crippen MR) is 101 cm³/mol. The molecule has 1 aliphatic heterocycles. The number of benzene rings is 1. The van der Waals surface area contributed by atoms with Crippen LogP contribution in [0.2, 0.25) is 0 Å². The second kappa shape index (κ2) is 7.84. The zero-order valence-corrected chi connectivity index (χ0v) is 16.5. The third-order valence-electron chi connectivity index (χ3n) is 4.82. The Hall–Kier alpha value is -2.92. The van der Waals surface area contributed by atoms with Crippen LogP contribution in [0.4, 0.5) is 4.39 Å². The number of rotatable bonds is 6. The van der Waals surface area contributed by atoms with Crippen LogP contribution in [-0.2, 0) is 16.6 Å². The Bertz CT molecular complexity index is 1110. The smallest absolute Gasteiger partial charge is 0.243 e. The van der Waals surface area contributed by atoms with E-state index in [1.807, 2.05) is 0 Å². The van der Waals surface area contributed by atoms with Crippen molar-refractivity contribution in [1.29, 1.82) is 0 Å². The molecule has 0 N–H and O–H groups in total. The maximum atomic E-state index is 14.0. The number of nitrogens with zero attached hydrogens (tertiary/aromatic N) is 6. The zero-order chi connectivity index (χ0) is 20.4. The normalized spacial score (nSPS) is 17.5. The highest BCUT2D eigenvalue weighted by molar-refractivity contribution is 7.89. The van der Waals surface area contributed by atoms with Gasteiger partial charge in [0.25, 0.3) is 0 Å². The van der Waals surface area contributed by atoms with Gasteiger partial charge in [0.2, 0.25) is 15.8 Å². The van der Waals surface area contributed by atoms with E-state index < -0.39 is 15.8 Å². The van der Waals surface area contributed by atoms with Crippen LogP contribution in [0, 0.1) is 5.82 Å². The van der Waals surface area contributed by atoms with Crippen LogP contribution < -0.4 is 4.74 Å². The van der Waals surface area contributed by atoms with E-state index in [4.69, 9.17) is 4.74 Å². The minimum Gasteiger partial charge on any atom is -0.494 e. The van der Waals surface area contributed by atoms with Gasteiger partial charge in [-0.15, -0.1) is 10.2 Å². The average molecular weight is 418 g/mol. The van der Waals surface area contributed by atoms with Crippen LogP contribution in [0.1, 0.15) is 12.8 Å². The minimum atomic E-state index is -3.86. The fourth-order valence-electron chi connectivity index (χ4n) is 3.38. The van der Waals surface area contributed by atoms with E-state index in [0.29, 0.717) is 25.2 Å². The monoisotopic (exact) mass is 418 g/mol. The predicted octanol–water partition coefficient (Wildman–Crippen LogP) is 1.74. The van der Waals surface area contributed by atoms with Crippen LogP contribution in [0.25, 0.3) is 11.4 Å². The summed E-state index contributed by atoms with van der Waals surface area (Å²) in [7, 11) is -2.53. The topological polar surface area (TPSA) is 103 Å². The molecule has 0 aliphatic carbocycles. The summed E-state index contributed by atoms with van der Waals surface area (Å²) in [4.78, 5) is 5.24. The summed E-state index contributed by atoms with van der Waals surface area (Å²) >= 11 is 0. The van der Waals surface area contributed by atoms with Crippen LogP contribution in [-0.4, -0.2) is 57.6 Å². The molecule has 11 heteroatoms. The van der Waals surface area contributed by atoms with Crippen molar-refractivity contribution in [1.82, 2.24) is 29.5 Å². The molecular weight excluding hydrogens is 399 g/mol. The zero-order valence-electron chi connectivity index (χ0n) is 15.6. The van der Waals surface area contributed by atoms with Crippen molar-refractivity contribution >= 4 is 10.0 Å². The van der Waals surface area contributed by atoms with Gasteiger partial charge >= 0.3 is 0 Å². The number of ether oxygens (including phenoxy) is 1. The van der Waals surface area contributed by atoms with E-state index in [0.717, 1.165) is 11.6 Å². The summed E-state index contributed by atoms with van der Waals surface area (Å²) in [5.74, 6) is -0.279. The molecule has 1 aliphatic rings. The first-order chi connectivity index (χ1) is 14.0. The number of halogens is 1. The fourth-order valence-corrected chi connectivity index (χ4v) is 5.07. The molecule has 1 atom stereocenters. The standard InChI is InChI=1S/C18H19FN6O3S/c1-28-17-5-4-15(11-16(17)19)29(26,27)24-10-2-3-14(24)12-25-22-18(21-23-25)13-6-8-20-9-7-13/h4-9,11,14H,2-3,10,12H2,1H3/t14-/m0/s1. The summed E-state index contributed by atoms with van der Waals surface area (Å²) in [6.45, 7) is 0.614. The van der Waals surface area contributed by atoms with Crippen molar-refractivity contribution in [3.63, 3.8) is 0 Å². The Morgan fingerprint density at radius 3 is 2.76 bits per heavy atom. The van der Waals surface area contributed by atoms with Gasteiger partial charge in [-0.25, -0.2) is 12.8 Å². The summed E-state index contributed by atoms with van der Waals surface area (Å²) < 4.78 is 46.4. The van der Waals surface area contributed by atoms with Crippen molar-refractivity contribution in [2.75, 3.05) is 13.7 Å². The Morgan fingerprint density at radius 2 is 2.03 bits per heavy atom.